The van der Waals surface area contributed by atoms with Crippen LogP contribution in [0.25, 0.3) is 10.8 Å². The first kappa shape index (κ1) is 22.7. The number of hydrogen-bond donors (Lipinski definition) is 1. The molecule has 1 aromatic heterocycles. The van der Waals surface area contributed by atoms with E-state index >= 15 is 0 Å². The molecule has 178 valence electrons. The second-order valence-electron chi connectivity index (χ2n) is 9.43. The molecule has 0 bridgehead atoms. The minimum atomic E-state index is -0.00843. The Labute approximate surface area is 214 Å². The minimum absolute atomic E-state index is 0.00843. The van der Waals surface area contributed by atoms with Gasteiger partial charge < -0.3 is 15.4 Å². The minimum Gasteiger partial charge on any atom is -0.492 e. The molecule has 4 aromatic rings. The van der Waals surface area contributed by atoms with E-state index in [0.717, 1.165) is 53.3 Å². The standard InChI is InChI=1S/C29H28N2O2S2/c30-17-21-10-11-25-24(16-21)29(19-33-25)12-14-31(15-13-29)27(32)26-22-8-4-5-9-23(22)28(35-26)34-18-20-6-2-1-3-7-20/h1-11,16H,12-15,17-19,30H2. The van der Waals surface area contributed by atoms with Crippen molar-refractivity contribution >= 4 is 39.8 Å². The SMILES string of the molecule is NCc1ccc2c(c1)C1(CCN(C(=O)c3sc(SCc4ccccc4)c4ccccc34)CC1)CO2. The fraction of sp³-hybridized carbons (Fsp3) is 0.276. The van der Waals surface area contributed by atoms with E-state index in [1.54, 1.807) is 11.3 Å². The number of amides is 1. The Morgan fingerprint density at radius 1 is 0.971 bits per heavy atom. The van der Waals surface area contributed by atoms with Crippen molar-refractivity contribution in [3.8, 4) is 5.75 Å². The molecule has 3 aromatic carbocycles. The fourth-order valence-corrected chi connectivity index (χ4v) is 7.75. The molecule has 0 unspecified atom stereocenters. The van der Waals surface area contributed by atoms with Crippen molar-refractivity contribution in [2.75, 3.05) is 19.7 Å². The predicted octanol–water partition coefficient (Wildman–Crippen LogP) is 6.22. The molecule has 3 heterocycles. The molecule has 6 rings (SSSR count). The Balaban J connectivity index is 1.22. The van der Waals surface area contributed by atoms with Gasteiger partial charge in [-0.1, -0.05) is 66.7 Å². The van der Waals surface area contributed by atoms with Gasteiger partial charge in [0.25, 0.3) is 5.91 Å². The predicted molar refractivity (Wildman–Crippen MR) is 144 cm³/mol. The van der Waals surface area contributed by atoms with Crippen LogP contribution in [0.4, 0.5) is 0 Å². The van der Waals surface area contributed by atoms with Crippen LogP contribution in [0.5, 0.6) is 5.75 Å². The highest BCUT2D eigenvalue weighted by molar-refractivity contribution is 8.00. The Morgan fingerprint density at radius 2 is 1.71 bits per heavy atom. The van der Waals surface area contributed by atoms with E-state index in [4.69, 9.17) is 10.5 Å². The third-order valence-corrected chi connectivity index (χ3v) is 9.92. The maximum Gasteiger partial charge on any atom is 0.264 e. The molecule has 2 aliphatic heterocycles. The molecular weight excluding hydrogens is 472 g/mol. The van der Waals surface area contributed by atoms with Gasteiger partial charge in [-0.25, -0.2) is 0 Å². The molecule has 35 heavy (non-hydrogen) atoms. The van der Waals surface area contributed by atoms with Gasteiger partial charge in [-0.15, -0.1) is 23.1 Å². The van der Waals surface area contributed by atoms with E-state index in [2.05, 4.69) is 54.6 Å². The highest BCUT2D eigenvalue weighted by Crippen LogP contribution is 2.46. The maximum atomic E-state index is 13.7. The molecule has 1 saturated heterocycles. The van der Waals surface area contributed by atoms with Crippen LogP contribution < -0.4 is 10.5 Å². The molecule has 1 spiro atoms. The molecule has 1 fully saturated rings. The Hall–Kier alpha value is -2.80. The highest BCUT2D eigenvalue weighted by Gasteiger charge is 2.44. The van der Waals surface area contributed by atoms with Crippen LogP contribution in [-0.4, -0.2) is 30.5 Å². The van der Waals surface area contributed by atoms with Crippen molar-refractivity contribution in [2.45, 2.75) is 34.8 Å². The van der Waals surface area contributed by atoms with Crippen LogP contribution in [0, 0.1) is 0 Å². The highest BCUT2D eigenvalue weighted by atomic mass is 32.2. The molecule has 0 aliphatic carbocycles. The second kappa shape index (κ2) is 9.34. The van der Waals surface area contributed by atoms with Gasteiger partial charge in [0, 0.05) is 47.1 Å². The van der Waals surface area contributed by atoms with Crippen molar-refractivity contribution < 1.29 is 9.53 Å². The number of fused-ring (bicyclic) bond motifs is 3. The normalized spacial score (nSPS) is 16.4. The number of carbonyl (C=O) groups excluding carboxylic acids is 1. The third kappa shape index (κ3) is 4.14. The summed E-state index contributed by atoms with van der Waals surface area (Å²) in [5.74, 6) is 2.03. The van der Waals surface area contributed by atoms with Gasteiger partial charge in [0.15, 0.2) is 0 Å². The lowest BCUT2D eigenvalue weighted by Gasteiger charge is -2.38. The van der Waals surface area contributed by atoms with Crippen molar-refractivity contribution in [1.82, 2.24) is 4.90 Å². The lowest BCUT2D eigenvalue weighted by molar-refractivity contribution is 0.0653. The number of carbonyl (C=O) groups is 1. The van der Waals surface area contributed by atoms with Crippen LogP contribution in [0.15, 0.2) is 77.0 Å². The van der Waals surface area contributed by atoms with Crippen molar-refractivity contribution in [3.05, 3.63) is 94.4 Å². The smallest absolute Gasteiger partial charge is 0.264 e. The van der Waals surface area contributed by atoms with Crippen LogP contribution in [0.2, 0.25) is 0 Å². The zero-order valence-corrected chi connectivity index (χ0v) is 21.2. The second-order valence-corrected chi connectivity index (χ2v) is 11.7. The van der Waals surface area contributed by atoms with Crippen LogP contribution in [0.1, 0.15) is 39.2 Å². The summed E-state index contributed by atoms with van der Waals surface area (Å²) in [6.45, 7) is 2.71. The molecule has 0 atom stereocenters. The molecular formula is C29H28N2O2S2. The van der Waals surface area contributed by atoms with E-state index in [-0.39, 0.29) is 11.3 Å². The largest absolute Gasteiger partial charge is 0.492 e. The molecule has 4 nitrogen and oxygen atoms in total. The van der Waals surface area contributed by atoms with E-state index in [1.165, 1.54) is 20.7 Å². The molecule has 2 aliphatic rings. The van der Waals surface area contributed by atoms with E-state index < -0.39 is 0 Å². The number of rotatable bonds is 5. The summed E-state index contributed by atoms with van der Waals surface area (Å²) < 4.78 is 7.27. The summed E-state index contributed by atoms with van der Waals surface area (Å²) in [6.07, 6.45) is 1.83. The van der Waals surface area contributed by atoms with Crippen LogP contribution in [-0.2, 0) is 17.7 Å². The number of nitrogens with two attached hydrogens (primary N) is 1. The van der Waals surface area contributed by atoms with Crippen LogP contribution in [0.3, 0.4) is 0 Å². The summed E-state index contributed by atoms with van der Waals surface area (Å²) in [6, 6.07) is 25.1. The van der Waals surface area contributed by atoms with E-state index in [0.29, 0.717) is 13.2 Å². The van der Waals surface area contributed by atoms with Gasteiger partial charge in [-0.2, -0.15) is 0 Å². The zero-order valence-electron chi connectivity index (χ0n) is 19.5. The van der Waals surface area contributed by atoms with E-state index in [9.17, 15) is 4.79 Å². The van der Waals surface area contributed by atoms with Gasteiger partial charge in [0.1, 0.15) is 10.6 Å². The monoisotopic (exact) mass is 500 g/mol. The van der Waals surface area contributed by atoms with Gasteiger partial charge in [-0.3, -0.25) is 4.79 Å². The summed E-state index contributed by atoms with van der Waals surface area (Å²) in [5.41, 5.74) is 9.59. The quantitative estimate of drug-likeness (QED) is 0.331. The number of nitrogens with zero attached hydrogens (tertiary/aromatic N) is 1. The first-order valence-corrected chi connectivity index (χ1v) is 13.9. The van der Waals surface area contributed by atoms with Crippen molar-refractivity contribution in [3.63, 3.8) is 0 Å². The van der Waals surface area contributed by atoms with Crippen LogP contribution >= 0.6 is 23.1 Å². The Bertz CT molecular complexity index is 1370. The number of hydrogen-bond acceptors (Lipinski definition) is 5. The summed E-state index contributed by atoms with van der Waals surface area (Å²) in [7, 11) is 0. The Kier molecular flexibility index (Phi) is 6.04. The Morgan fingerprint density at radius 3 is 2.49 bits per heavy atom. The first-order chi connectivity index (χ1) is 17.2. The molecule has 0 saturated carbocycles. The average Bonchev–Trinajstić information content (AvgIpc) is 3.46. The van der Waals surface area contributed by atoms with Gasteiger partial charge >= 0.3 is 0 Å². The molecule has 2 N–H and O–H groups in total. The number of ether oxygens (including phenoxy) is 1. The number of benzene rings is 3. The number of thiophene rings is 1. The number of thioether (sulfide) groups is 1. The summed E-state index contributed by atoms with van der Waals surface area (Å²) in [5, 5.41) is 2.25. The summed E-state index contributed by atoms with van der Waals surface area (Å²) in [4.78, 5) is 16.6. The summed E-state index contributed by atoms with van der Waals surface area (Å²) >= 11 is 3.46. The fourth-order valence-electron chi connectivity index (χ4n) is 5.28. The third-order valence-electron chi connectivity index (χ3n) is 7.36. The molecule has 0 radical (unpaired) electrons. The average molecular weight is 501 g/mol. The molecule has 1 amide bonds. The molecule has 6 heteroatoms. The number of likely N-dealkylation sites (tertiary alicyclic amines) is 1. The topological polar surface area (TPSA) is 55.6 Å². The van der Waals surface area contributed by atoms with Gasteiger partial charge in [0.05, 0.1) is 10.8 Å². The van der Waals surface area contributed by atoms with Crippen molar-refractivity contribution in [2.24, 2.45) is 5.73 Å². The van der Waals surface area contributed by atoms with Gasteiger partial charge in [-0.05, 0) is 30.0 Å². The lowest BCUT2D eigenvalue weighted by atomic mass is 9.74. The van der Waals surface area contributed by atoms with E-state index in [1.807, 2.05) is 34.9 Å². The number of piperidine rings is 1. The first-order valence-electron chi connectivity index (χ1n) is 12.1. The maximum absolute atomic E-state index is 13.7. The lowest BCUT2D eigenvalue weighted by Crippen LogP contribution is -2.45. The van der Waals surface area contributed by atoms with Crippen molar-refractivity contribution in [1.29, 1.82) is 0 Å². The van der Waals surface area contributed by atoms with Gasteiger partial charge in [0.2, 0.25) is 0 Å². The zero-order chi connectivity index (χ0) is 23.8.